The van der Waals surface area contributed by atoms with E-state index in [2.05, 4.69) is 0 Å². The van der Waals surface area contributed by atoms with Gasteiger partial charge in [0.25, 0.3) is 0 Å². The largest absolute Gasteiger partial charge is 0.481 e. The van der Waals surface area contributed by atoms with Crippen molar-refractivity contribution in [2.75, 3.05) is 6.54 Å². The highest BCUT2D eigenvalue weighted by atomic mass is 18.2. The summed E-state index contributed by atoms with van der Waals surface area (Å²) in [7, 11) is 0. The molecule has 1 unspecified atom stereocenters. The maximum absolute atomic E-state index is 12.5. The number of rotatable bonds is 4. The van der Waals surface area contributed by atoms with Crippen molar-refractivity contribution in [2.24, 2.45) is 11.7 Å². The lowest BCUT2D eigenvalue weighted by Gasteiger charge is -2.08. The third-order valence-electron chi connectivity index (χ3n) is 2.03. The number of nitrogens with two attached hydrogens (primary N) is 1. The number of halogens is 1. The number of benzene rings is 1. The average molecular weight is 196 g/mol. The highest BCUT2D eigenvalue weighted by molar-refractivity contribution is 5.70. The van der Waals surface area contributed by atoms with E-state index in [1.165, 1.54) is 12.1 Å². The highest BCUT2D eigenvalue weighted by Crippen LogP contribution is 2.09. The van der Waals surface area contributed by atoms with Crippen molar-refractivity contribution < 1.29 is 14.3 Å². The summed E-state index contributed by atoms with van der Waals surface area (Å²) in [5.41, 5.74) is 6.08. The van der Waals surface area contributed by atoms with Crippen LogP contribution in [0.25, 0.3) is 0 Å². The predicted octanol–water partition coefficient (Wildman–Crippen LogP) is 1.03. The monoisotopic (exact) mass is 196 g/mol. The zero-order chi connectivity index (χ0) is 10.6. The molecule has 1 rings (SSSR count). The molecule has 1 aromatic carbocycles. The Labute approximate surface area is 81.4 Å². The van der Waals surface area contributed by atoms with E-state index in [1.807, 2.05) is 0 Å². The van der Waals surface area contributed by atoms with Crippen LogP contribution in [-0.2, 0) is 11.2 Å². The van der Waals surface area contributed by atoms with Gasteiger partial charge in [0.1, 0.15) is 5.82 Å². The van der Waals surface area contributed by atoms with Crippen molar-refractivity contribution in [3.63, 3.8) is 0 Å². The minimum absolute atomic E-state index is 0.0900. The second kappa shape index (κ2) is 4.72. The van der Waals surface area contributed by atoms with Crippen LogP contribution < -0.4 is 5.73 Å². The van der Waals surface area contributed by atoms with Gasteiger partial charge in [-0.1, -0.05) is 12.1 Å². The molecule has 0 aliphatic heterocycles. The summed E-state index contributed by atoms with van der Waals surface area (Å²) in [6, 6.07) is 5.76. The standard InChI is InChI=1S/C10H12FNO2/c11-9-3-1-7(2-4-9)5-8(6-12)10(13)14/h1-4,8H,5-6,12H2,(H,13,14)/i11-1. The molecule has 0 saturated heterocycles. The first-order chi connectivity index (χ1) is 6.63. The molecular formula is C10H12FNO2. The maximum Gasteiger partial charge on any atom is 0.308 e. The smallest absolute Gasteiger partial charge is 0.308 e. The summed E-state index contributed by atoms with van der Waals surface area (Å²) < 4.78 is 12.5. The van der Waals surface area contributed by atoms with Gasteiger partial charge < -0.3 is 10.8 Å². The fourth-order valence-corrected chi connectivity index (χ4v) is 1.18. The van der Waals surface area contributed by atoms with E-state index in [0.29, 0.717) is 6.42 Å². The third kappa shape index (κ3) is 2.81. The number of carbonyl (C=O) groups is 1. The van der Waals surface area contributed by atoms with Crippen molar-refractivity contribution in [3.05, 3.63) is 35.6 Å². The Bertz CT molecular complexity index is 310. The van der Waals surface area contributed by atoms with E-state index in [-0.39, 0.29) is 12.4 Å². The number of aliphatic carboxylic acids is 1. The second-order valence-electron chi connectivity index (χ2n) is 3.10. The number of carboxylic acid groups (broad SMARTS) is 1. The van der Waals surface area contributed by atoms with E-state index in [9.17, 15) is 9.18 Å². The summed E-state index contributed by atoms with van der Waals surface area (Å²) in [5, 5.41) is 8.74. The van der Waals surface area contributed by atoms with Gasteiger partial charge in [0.05, 0.1) is 5.92 Å². The Hall–Kier alpha value is -1.42. The molecule has 0 aromatic heterocycles. The lowest BCUT2D eigenvalue weighted by atomic mass is 10.00. The molecular weight excluding hydrogens is 184 g/mol. The normalized spacial score (nSPS) is 12.4. The van der Waals surface area contributed by atoms with E-state index in [0.717, 1.165) is 5.56 Å². The van der Waals surface area contributed by atoms with Crippen LogP contribution in [0.4, 0.5) is 4.39 Å². The van der Waals surface area contributed by atoms with Gasteiger partial charge in [-0.15, -0.1) is 0 Å². The molecule has 0 heterocycles. The van der Waals surface area contributed by atoms with E-state index in [4.69, 9.17) is 10.8 Å². The topological polar surface area (TPSA) is 63.3 Å². The van der Waals surface area contributed by atoms with Crippen LogP contribution in [0.3, 0.4) is 0 Å². The van der Waals surface area contributed by atoms with Crippen molar-refractivity contribution >= 4 is 5.97 Å². The SMILES string of the molecule is NCC(Cc1ccc([18F])cc1)C(=O)O. The van der Waals surface area contributed by atoms with Gasteiger partial charge in [0.2, 0.25) is 0 Å². The number of hydrogen-bond donors (Lipinski definition) is 2. The minimum atomic E-state index is -0.920. The minimum Gasteiger partial charge on any atom is -0.481 e. The van der Waals surface area contributed by atoms with Gasteiger partial charge >= 0.3 is 5.97 Å². The molecule has 4 heteroatoms. The molecule has 1 aromatic rings. The molecule has 1 atom stereocenters. The van der Waals surface area contributed by atoms with Crippen LogP contribution in [0.1, 0.15) is 5.56 Å². The molecule has 76 valence electrons. The Morgan fingerprint density at radius 3 is 2.43 bits per heavy atom. The van der Waals surface area contributed by atoms with Crippen molar-refractivity contribution in [3.8, 4) is 0 Å². The molecule has 3 nitrogen and oxygen atoms in total. The van der Waals surface area contributed by atoms with Crippen LogP contribution in [-0.4, -0.2) is 17.6 Å². The predicted molar refractivity (Wildman–Crippen MR) is 50.3 cm³/mol. The van der Waals surface area contributed by atoms with Crippen molar-refractivity contribution in [2.45, 2.75) is 6.42 Å². The van der Waals surface area contributed by atoms with Gasteiger partial charge in [-0.05, 0) is 24.1 Å². The van der Waals surface area contributed by atoms with Gasteiger partial charge in [-0.2, -0.15) is 0 Å². The van der Waals surface area contributed by atoms with Crippen molar-refractivity contribution in [1.82, 2.24) is 0 Å². The number of carboxylic acids is 1. The fraction of sp³-hybridized carbons (Fsp3) is 0.300. The van der Waals surface area contributed by atoms with Crippen LogP contribution in [0, 0.1) is 11.7 Å². The molecule has 0 aliphatic rings. The lowest BCUT2D eigenvalue weighted by molar-refractivity contribution is -0.141. The summed E-state index contributed by atoms with van der Waals surface area (Å²) in [6.07, 6.45) is 0.339. The molecule has 0 saturated carbocycles. The van der Waals surface area contributed by atoms with Crippen LogP contribution >= 0.6 is 0 Å². The highest BCUT2D eigenvalue weighted by Gasteiger charge is 2.15. The first kappa shape index (κ1) is 10.7. The Morgan fingerprint density at radius 2 is 2.00 bits per heavy atom. The zero-order valence-electron chi connectivity index (χ0n) is 7.61. The van der Waals surface area contributed by atoms with Gasteiger partial charge in [-0.3, -0.25) is 4.79 Å². The average Bonchev–Trinajstić information content (AvgIpc) is 2.16. The molecule has 14 heavy (non-hydrogen) atoms. The maximum atomic E-state index is 12.5. The second-order valence-corrected chi connectivity index (χ2v) is 3.10. The Morgan fingerprint density at radius 1 is 1.43 bits per heavy atom. The van der Waals surface area contributed by atoms with Gasteiger partial charge in [0.15, 0.2) is 0 Å². The third-order valence-corrected chi connectivity index (χ3v) is 2.03. The Balaban J connectivity index is 2.67. The molecule has 0 amide bonds. The molecule has 0 radical (unpaired) electrons. The van der Waals surface area contributed by atoms with Gasteiger partial charge in [-0.25, -0.2) is 4.39 Å². The van der Waals surface area contributed by atoms with E-state index < -0.39 is 11.9 Å². The zero-order valence-corrected chi connectivity index (χ0v) is 7.61. The summed E-state index contributed by atoms with van der Waals surface area (Å²) in [4.78, 5) is 10.6. The molecule has 3 N–H and O–H groups in total. The van der Waals surface area contributed by atoms with Crippen LogP contribution in [0.5, 0.6) is 0 Å². The summed E-state index contributed by atoms with van der Waals surface area (Å²) in [6.45, 7) is 0.0900. The molecule has 0 fully saturated rings. The first-order valence-electron chi connectivity index (χ1n) is 4.31. The number of hydrogen-bond acceptors (Lipinski definition) is 2. The summed E-state index contributed by atoms with van der Waals surface area (Å²) >= 11 is 0. The quantitative estimate of drug-likeness (QED) is 0.755. The molecule has 0 bridgehead atoms. The van der Waals surface area contributed by atoms with E-state index >= 15 is 0 Å². The molecule has 0 aliphatic carbocycles. The van der Waals surface area contributed by atoms with Crippen LogP contribution in [0.2, 0.25) is 0 Å². The molecule has 0 spiro atoms. The first-order valence-corrected chi connectivity index (χ1v) is 4.31. The fourth-order valence-electron chi connectivity index (χ4n) is 1.18. The van der Waals surface area contributed by atoms with E-state index in [1.54, 1.807) is 12.1 Å². The summed E-state index contributed by atoms with van der Waals surface area (Å²) in [5.74, 6) is -1.84. The van der Waals surface area contributed by atoms with Crippen LogP contribution in [0.15, 0.2) is 24.3 Å². The van der Waals surface area contributed by atoms with Crippen molar-refractivity contribution in [1.29, 1.82) is 0 Å². The van der Waals surface area contributed by atoms with Gasteiger partial charge in [0, 0.05) is 6.54 Å². The Kier molecular flexibility index (Phi) is 3.59. The lowest BCUT2D eigenvalue weighted by Crippen LogP contribution is -2.25.